The number of hydrogen-bond acceptors (Lipinski definition) is 7. The van der Waals surface area contributed by atoms with E-state index in [0.717, 1.165) is 22.7 Å². The van der Waals surface area contributed by atoms with E-state index >= 15 is 0 Å². The maximum absolute atomic E-state index is 13.5. The zero-order chi connectivity index (χ0) is 21.0. The molecule has 1 aliphatic heterocycles. The van der Waals surface area contributed by atoms with Gasteiger partial charge in [0.1, 0.15) is 11.1 Å². The zero-order valence-corrected chi connectivity index (χ0v) is 15.6. The van der Waals surface area contributed by atoms with Crippen LogP contribution >= 0.6 is 11.8 Å². The summed E-state index contributed by atoms with van der Waals surface area (Å²) in [5.41, 5.74) is 5.85. The normalized spacial score (nSPS) is 17.3. The van der Waals surface area contributed by atoms with Crippen molar-refractivity contribution in [3.8, 4) is 0 Å². The molecule has 3 rings (SSSR count). The summed E-state index contributed by atoms with van der Waals surface area (Å²) in [6, 6.07) is 11.2. The fourth-order valence-electron chi connectivity index (χ4n) is 2.61. The first-order valence-electron chi connectivity index (χ1n) is 8.25. The van der Waals surface area contributed by atoms with E-state index in [4.69, 9.17) is 5.73 Å². The summed E-state index contributed by atoms with van der Waals surface area (Å²) >= 11 is 0.842. The van der Waals surface area contributed by atoms with Gasteiger partial charge in [-0.3, -0.25) is 19.7 Å². The number of anilines is 1. The molecule has 2 N–H and O–H groups in total. The summed E-state index contributed by atoms with van der Waals surface area (Å²) < 4.78 is 13.5. The van der Waals surface area contributed by atoms with E-state index < -0.39 is 27.8 Å². The number of imide groups is 1. The van der Waals surface area contributed by atoms with Crippen molar-refractivity contribution in [3.05, 3.63) is 70.0 Å². The first-order chi connectivity index (χ1) is 13.9. The Hall–Kier alpha value is -3.60. The number of rotatable bonds is 5. The fraction of sp³-hybridized carbons (Fsp3) is 0.111. The molecule has 1 aliphatic rings. The van der Waals surface area contributed by atoms with E-state index in [1.165, 1.54) is 42.6 Å². The van der Waals surface area contributed by atoms with Crippen molar-refractivity contribution in [1.82, 2.24) is 0 Å². The summed E-state index contributed by atoms with van der Waals surface area (Å²) in [6.07, 6.45) is 1.04. The van der Waals surface area contributed by atoms with Gasteiger partial charge in [-0.05, 0) is 12.1 Å². The van der Waals surface area contributed by atoms with E-state index in [9.17, 15) is 24.1 Å². The molecule has 1 fully saturated rings. The molecule has 0 aromatic heterocycles. The molecule has 1 unspecified atom stereocenters. The average Bonchev–Trinajstić information content (AvgIpc) is 2.96. The van der Waals surface area contributed by atoms with Crippen molar-refractivity contribution in [3.63, 3.8) is 0 Å². The van der Waals surface area contributed by atoms with Crippen LogP contribution in [-0.4, -0.2) is 33.4 Å². The molecule has 0 radical (unpaired) electrons. The van der Waals surface area contributed by atoms with Gasteiger partial charge >= 0.3 is 0 Å². The minimum Gasteiger partial charge on any atom is -0.377 e. The molecule has 29 heavy (non-hydrogen) atoms. The Bertz CT molecular complexity index is 1040. The number of nitrogens with zero attached hydrogens (tertiary/aromatic N) is 4. The number of amidine groups is 1. The third-order valence-corrected chi connectivity index (χ3v) is 4.90. The molecule has 0 spiro atoms. The van der Waals surface area contributed by atoms with Gasteiger partial charge in [-0.15, -0.1) is 5.10 Å². The van der Waals surface area contributed by atoms with Crippen molar-refractivity contribution in [2.75, 3.05) is 4.90 Å². The highest BCUT2D eigenvalue weighted by molar-refractivity contribution is 8.14. The van der Waals surface area contributed by atoms with Gasteiger partial charge in [0, 0.05) is 24.1 Å². The Morgan fingerprint density at radius 3 is 2.76 bits per heavy atom. The molecule has 148 valence electrons. The number of nitro groups is 1. The molecule has 2 amide bonds. The van der Waals surface area contributed by atoms with Gasteiger partial charge in [0.05, 0.1) is 16.8 Å². The number of halogens is 1. The van der Waals surface area contributed by atoms with Gasteiger partial charge < -0.3 is 5.73 Å². The first kappa shape index (κ1) is 20.1. The Morgan fingerprint density at radius 2 is 2.03 bits per heavy atom. The second-order valence-electron chi connectivity index (χ2n) is 5.86. The van der Waals surface area contributed by atoms with Gasteiger partial charge in [-0.1, -0.05) is 36.0 Å². The second kappa shape index (κ2) is 8.61. The first-order valence-corrected chi connectivity index (χ1v) is 9.13. The molecule has 2 aromatic rings. The van der Waals surface area contributed by atoms with E-state index in [-0.39, 0.29) is 28.5 Å². The Balaban J connectivity index is 1.70. The summed E-state index contributed by atoms with van der Waals surface area (Å²) in [5.74, 6) is -1.53. The predicted octanol–water partition coefficient (Wildman–Crippen LogP) is 2.45. The van der Waals surface area contributed by atoms with Crippen molar-refractivity contribution in [2.45, 2.75) is 11.7 Å². The molecule has 0 aliphatic carbocycles. The van der Waals surface area contributed by atoms with Crippen LogP contribution in [0.4, 0.5) is 15.8 Å². The number of thioether (sulfide) groups is 1. The monoisotopic (exact) mass is 415 g/mol. The van der Waals surface area contributed by atoms with Crippen LogP contribution in [0.5, 0.6) is 0 Å². The predicted molar refractivity (Wildman–Crippen MR) is 107 cm³/mol. The van der Waals surface area contributed by atoms with Crippen molar-refractivity contribution < 1.29 is 18.9 Å². The maximum atomic E-state index is 13.5. The van der Waals surface area contributed by atoms with E-state index in [0.29, 0.717) is 0 Å². The topological polar surface area (TPSA) is 131 Å². The van der Waals surface area contributed by atoms with Crippen LogP contribution in [-0.2, 0) is 9.59 Å². The lowest BCUT2D eigenvalue weighted by Gasteiger charge is -2.14. The quantitative estimate of drug-likeness (QED) is 0.262. The lowest BCUT2D eigenvalue weighted by atomic mass is 10.2. The van der Waals surface area contributed by atoms with E-state index in [1.807, 2.05) is 0 Å². The standard InChI is InChI=1S/C18H14FN5O4S/c19-14-7-2-1-4-11(14)10-21-22-18(20)29-15-9-16(25)23(17(15)26)12-5-3-6-13(8-12)24(27)28/h1-8,10,15H,9H2,(H2,20,22)/b21-10+. The zero-order valence-electron chi connectivity index (χ0n) is 14.8. The number of carbonyl (C=O) groups is 2. The van der Waals surface area contributed by atoms with Crippen LogP contribution in [0.15, 0.2) is 58.7 Å². The lowest BCUT2D eigenvalue weighted by molar-refractivity contribution is -0.384. The number of amides is 2. The lowest BCUT2D eigenvalue weighted by Crippen LogP contribution is -2.31. The maximum Gasteiger partial charge on any atom is 0.271 e. The minimum absolute atomic E-state index is 0.0790. The summed E-state index contributed by atoms with van der Waals surface area (Å²) in [6.45, 7) is 0. The average molecular weight is 415 g/mol. The Morgan fingerprint density at radius 1 is 1.28 bits per heavy atom. The highest BCUT2D eigenvalue weighted by Gasteiger charge is 2.41. The van der Waals surface area contributed by atoms with Crippen molar-refractivity contribution >= 4 is 46.3 Å². The highest BCUT2D eigenvalue weighted by Crippen LogP contribution is 2.31. The minimum atomic E-state index is -0.839. The van der Waals surface area contributed by atoms with Crippen LogP contribution in [0.2, 0.25) is 0 Å². The molecule has 0 saturated carbocycles. The van der Waals surface area contributed by atoms with E-state index in [2.05, 4.69) is 10.2 Å². The van der Waals surface area contributed by atoms with Crippen LogP contribution in [0, 0.1) is 15.9 Å². The molecule has 11 heteroatoms. The molecule has 9 nitrogen and oxygen atoms in total. The number of nitro benzene ring substituents is 1. The molecule has 1 saturated heterocycles. The summed E-state index contributed by atoms with van der Waals surface area (Å²) in [4.78, 5) is 36.0. The fourth-order valence-corrected chi connectivity index (χ4v) is 3.43. The van der Waals surface area contributed by atoms with Crippen LogP contribution in [0.25, 0.3) is 0 Å². The second-order valence-corrected chi connectivity index (χ2v) is 7.08. The molecular formula is C18H14FN5O4S. The number of benzene rings is 2. The van der Waals surface area contributed by atoms with Gasteiger partial charge in [-0.25, -0.2) is 9.29 Å². The van der Waals surface area contributed by atoms with E-state index in [1.54, 1.807) is 6.07 Å². The van der Waals surface area contributed by atoms with Gasteiger partial charge in [-0.2, -0.15) is 5.10 Å². The molecule has 1 atom stereocenters. The smallest absolute Gasteiger partial charge is 0.271 e. The van der Waals surface area contributed by atoms with Gasteiger partial charge in [0.2, 0.25) is 11.8 Å². The molecule has 1 heterocycles. The Kier molecular flexibility index (Phi) is 5.98. The number of hydrogen-bond donors (Lipinski definition) is 1. The highest BCUT2D eigenvalue weighted by atomic mass is 32.2. The molecular weight excluding hydrogens is 401 g/mol. The SMILES string of the molecule is N/C(=N\N=C\c1ccccc1F)SC1CC(=O)N(c2cccc([N+](=O)[O-])c2)C1=O. The van der Waals surface area contributed by atoms with Crippen LogP contribution in [0.1, 0.15) is 12.0 Å². The van der Waals surface area contributed by atoms with Crippen molar-refractivity contribution in [1.29, 1.82) is 0 Å². The van der Waals surface area contributed by atoms with Gasteiger partial charge in [0.15, 0.2) is 5.17 Å². The van der Waals surface area contributed by atoms with Crippen molar-refractivity contribution in [2.24, 2.45) is 15.9 Å². The summed E-state index contributed by atoms with van der Waals surface area (Å²) in [5, 5.41) is 17.4. The Labute approximate surface area is 168 Å². The number of carbonyl (C=O) groups excluding carboxylic acids is 2. The third-order valence-electron chi connectivity index (χ3n) is 3.93. The van der Waals surface area contributed by atoms with Crippen LogP contribution < -0.4 is 10.6 Å². The largest absolute Gasteiger partial charge is 0.377 e. The van der Waals surface area contributed by atoms with Crippen LogP contribution in [0.3, 0.4) is 0 Å². The molecule has 2 aromatic carbocycles. The molecule has 0 bridgehead atoms. The van der Waals surface area contributed by atoms with Gasteiger partial charge in [0.25, 0.3) is 5.69 Å². The number of nitrogens with two attached hydrogens (primary N) is 1. The number of non-ortho nitro benzene ring substituents is 1. The summed E-state index contributed by atoms with van der Waals surface area (Å²) in [7, 11) is 0. The third kappa shape index (κ3) is 4.63.